The first-order valence-electron chi connectivity index (χ1n) is 6.96. The Morgan fingerprint density at radius 1 is 1.43 bits per heavy atom. The number of aryl methyl sites for hydroxylation is 1. The lowest BCUT2D eigenvalue weighted by Gasteiger charge is -2.27. The second kappa shape index (κ2) is 5.68. The van der Waals surface area contributed by atoms with Crippen LogP contribution in [0.25, 0.3) is 11.4 Å². The topological polar surface area (TPSA) is 76.2 Å². The van der Waals surface area contributed by atoms with E-state index in [2.05, 4.69) is 10.1 Å². The Labute approximate surface area is 124 Å². The first-order chi connectivity index (χ1) is 9.83. The maximum Gasteiger partial charge on any atom is 0.310 e. The molecule has 0 aliphatic rings. The van der Waals surface area contributed by atoms with Crippen molar-refractivity contribution >= 4 is 5.97 Å². The largest absolute Gasteiger partial charge is 0.481 e. The minimum atomic E-state index is -0.920. The summed E-state index contributed by atoms with van der Waals surface area (Å²) in [6.45, 7) is 7.46. The highest BCUT2D eigenvalue weighted by molar-refractivity contribution is 5.74. The molecule has 5 nitrogen and oxygen atoms in total. The maximum absolute atomic E-state index is 11.5. The second-order valence-corrected chi connectivity index (χ2v) is 5.94. The molecule has 1 N–H and O–H groups in total. The summed E-state index contributed by atoms with van der Waals surface area (Å²) in [4.78, 5) is 15.8. The minimum Gasteiger partial charge on any atom is -0.481 e. The number of carboxylic acids is 1. The van der Waals surface area contributed by atoms with Crippen LogP contribution in [0.2, 0.25) is 0 Å². The summed E-state index contributed by atoms with van der Waals surface area (Å²) in [5, 5.41) is 13.4. The van der Waals surface area contributed by atoms with Gasteiger partial charge in [0.2, 0.25) is 11.7 Å². The molecule has 0 spiro atoms. The maximum atomic E-state index is 11.5. The molecular weight excluding hydrogens is 268 g/mol. The summed E-state index contributed by atoms with van der Waals surface area (Å²) in [6.07, 6.45) is 0.221. The van der Waals surface area contributed by atoms with Crippen molar-refractivity contribution < 1.29 is 14.4 Å². The summed E-state index contributed by atoms with van der Waals surface area (Å²) in [5.74, 6) is -0.0487. The fraction of sp³-hybridized carbons (Fsp3) is 0.438. The average molecular weight is 288 g/mol. The van der Waals surface area contributed by atoms with Crippen molar-refractivity contribution in [3.05, 3.63) is 35.7 Å². The van der Waals surface area contributed by atoms with Gasteiger partial charge in [0.05, 0.1) is 5.41 Å². The molecule has 2 aromatic rings. The van der Waals surface area contributed by atoms with E-state index in [0.29, 0.717) is 11.7 Å². The Hall–Kier alpha value is -2.17. The molecule has 2 rings (SSSR count). The van der Waals surface area contributed by atoms with Gasteiger partial charge in [-0.1, -0.05) is 42.8 Å². The van der Waals surface area contributed by atoms with E-state index in [4.69, 9.17) is 4.52 Å². The smallest absolute Gasteiger partial charge is 0.310 e. The molecule has 0 aliphatic carbocycles. The summed E-state index contributed by atoms with van der Waals surface area (Å²) in [5.41, 5.74) is 1.05. The quantitative estimate of drug-likeness (QED) is 0.913. The Morgan fingerprint density at radius 3 is 2.71 bits per heavy atom. The number of nitrogens with zero attached hydrogens (tertiary/aromatic N) is 2. The molecule has 21 heavy (non-hydrogen) atoms. The Balaban J connectivity index is 2.26. The van der Waals surface area contributed by atoms with E-state index in [1.807, 2.05) is 45.0 Å². The van der Waals surface area contributed by atoms with Crippen LogP contribution in [0.1, 0.15) is 32.2 Å². The summed E-state index contributed by atoms with van der Waals surface area (Å²) < 4.78 is 5.23. The highest BCUT2D eigenvalue weighted by atomic mass is 16.5. The lowest BCUT2D eigenvalue weighted by Crippen LogP contribution is -2.35. The van der Waals surface area contributed by atoms with Crippen molar-refractivity contribution in [3.8, 4) is 11.4 Å². The molecule has 0 fully saturated rings. The molecule has 0 radical (unpaired) electrons. The van der Waals surface area contributed by atoms with Crippen molar-refractivity contribution in [2.24, 2.45) is 11.3 Å². The zero-order valence-electron chi connectivity index (χ0n) is 12.8. The van der Waals surface area contributed by atoms with Gasteiger partial charge in [0.1, 0.15) is 0 Å². The first kappa shape index (κ1) is 15.2. The summed E-state index contributed by atoms with van der Waals surface area (Å²) >= 11 is 0. The molecule has 1 atom stereocenters. The van der Waals surface area contributed by atoms with Gasteiger partial charge in [0, 0.05) is 12.0 Å². The molecule has 1 unspecified atom stereocenters. The van der Waals surface area contributed by atoms with E-state index in [1.54, 1.807) is 6.92 Å². The summed E-state index contributed by atoms with van der Waals surface area (Å²) in [7, 11) is 0. The van der Waals surface area contributed by atoms with Crippen molar-refractivity contribution in [2.75, 3.05) is 0 Å². The van der Waals surface area contributed by atoms with Gasteiger partial charge in [-0.05, 0) is 25.8 Å². The molecule has 0 amide bonds. The third kappa shape index (κ3) is 3.12. The zero-order chi connectivity index (χ0) is 15.6. The fourth-order valence-electron chi connectivity index (χ4n) is 2.07. The number of aliphatic carboxylic acids is 1. The predicted octanol–water partition coefficient (Wildman–Crippen LogP) is 3.33. The van der Waals surface area contributed by atoms with Gasteiger partial charge >= 0.3 is 5.97 Å². The Kier molecular flexibility index (Phi) is 4.11. The van der Waals surface area contributed by atoms with Crippen LogP contribution < -0.4 is 0 Å². The van der Waals surface area contributed by atoms with Crippen LogP contribution >= 0.6 is 0 Å². The zero-order valence-corrected chi connectivity index (χ0v) is 12.8. The monoisotopic (exact) mass is 288 g/mol. The van der Waals surface area contributed by atoms with E-state index in [9.17, 15) is 9.90 Å². The van der Waals surface area contributed by atoms with Crippen LogP contribution in [0.4, 0.5) is 0 Å². The number of rotatable bonds is 5. The third-order valence-electron chi connectivity index (χ3n) is 4.03. The predicted molar refractivity (Wildman–Crippen MR) is 78.8 cm³/mol. The number of benzene rings is 1. The number of aromatic nitrogens is 2. The van der Waals surface area contributed by atoms with Crippen molar-refractivity contribution in [3.63, 3.8) is 0 Å². The molecular formula is C16H20N2O3. The lowest BCUT2D eigenvalue weighted by atomic mass is 9.76. The molecule has 0 aliphatic heterocycles. The lowest BCUT2D eigenvalue weighted by molar-refractivity contribution is -0.150. The van der Waals surface area contributed by atoms with E-state index in [0.717, 1.165) is 11.1 Å². The standard InChI is InChI=1S/C16H20N2O3/c1-10(2)16(4,15(19)20)9-13-17-14(18-21-13)12-7-5-6-11(3)8-12/h5-8,10H,9H2,1-4H3,(H,19,20). The molecule has 1 heterocycles. The average Bonchev–Trinajstić information content (AvgIpc) is 2.86. The minimum absolute atomic E-state index is 0.0377. The van der Waals surface area contributed by atoms with Gasteiger partial charge < -0.3 is 9.63 Å². The van der Waals surface area contributed by atoms with Crippen molar-refractivity contribution in [1.29, 1.82) is 0 Å². The molecule has 5 heteroatoms. The van der Waals surface area contributed by atoms with Crippen LogP contribution in [-0.2, 0) is 11.2 Å². The van der Waals surface area contributed by atoms with E-state index in [-0.39, 0.29) is 12.3 Å². The number of hydrogen-bond acceptors (Lipinski definition) is 4. The molecule has 0 saturated heterocycles. The molecule has 112 valence electrons. The van der Waals surface area contributed by atoms with E-state index >= 15 is 0 Å². The highest BCUT2D eigenvalue weighted by Gasteiger charge is 2.38. The number of carbonyl (C=O) groups is 1. The third-order valence-corrected chi connectivity index (χ3v) is 4.03. The number of carboxylic acid groups (broad SMARTS) is 1. The van der Waals surface area contributed by atoms with Gasteiger partial charge in [-0.15, -0.1) is 0 Å². The van der Waals surface area contributed by atoms with Crippen LogP contribution in [-0.4, -0.2) is 21.2 Å². The van der Waals surface area contributed by atoms with Gasteiger partial charge in [-0.2, -0.15) is 4.98 Å². The SMILES string of the molecule is Cc1cccc(-c2noc(CC(C)(C(=O)O)C(C)C)n2)c1. The second-order valence-electron chi connectivity index (χ2n) is 5.94. The van der Waals surface area contributed by atoms with Gasteiger partial charge in [0.25, 0.3) is 0 Å². The Morgan fingerprint density at radius 2 is 2.14 bits per heavy atom. The molecule has 0 saturated carbocycles. The first-order valence-corrected chi connectivity index (χ1v) is 6.96. The molecule has 1 aromatic carbocycles. The van der Waals surface area contributed by atoms with Gasteiger partial charge in [-0.25, -0.2) is 0 Å². The molecule has 0 bridgehead atoms. The van der Waals surface area contributed by atoms with E-state index in [1.165, 1.54) is 0 Å². The molecule has 1 aromatic heterocycles. The van der Waals surface area contributed by atoms with Crippen LogP contribution in [0.15, 0.2) is 28.8 Å². The van der Waals surface area contributed by atoms with Gasteiger partial charge in [-0.3, -0.25) is 4.79 Å². The summed E-state index contributed by atoms with van der Waals surface area (Å²) in [6, 6.07) is 7.79. The van der Waals surface area contributed by atoms with Crippen molar-refractivity contribution in [2.45, 2.75) is 34.1 Å². The van der Waals surface area contributed by atoms with E-state index < -0.39 is 11.4 Å². The van der Waals surface area contributed by atoms with Crippen LogP contribution in [0.5, 0.6) is 0 Å². The fourth-order valence-corrected chi connectivity index (χ4v) is 2.07. The normalized spacial score (nSPS) is 14.1. The number of hydrogen-bond donors (Lipinski definition) is 1. The Bertz CT molecular complexity index is 648. The van der Waals surface area contributed by atoms with Crippen molar-refractivity contribution in [1.82, 2.24) is 10.1 Å². The van der Waals surface area contributed by atoms with Crippen LogP contribution in [0.3, 0.4) is 0 Å². The highest BCUT2D eigenvalue weighted by Crippen LogP contribution is 2.31. The van der Waals surface area contributed by atoms with Gasteiger partial charge in [0.15, 0.2) is 0 Å². The van der Waals surface area contributed by atoms with Crippen LogP contribution in [0, 0.1) is 18.3 Å².